The maximum Gasteiger partial charge on any atom is 0.416 e. The van der Waals surface area contributed by atoms with Crippen LogP contribution in [0.15, 0.2) is 32.9 Å². The Labute approximate surface area is 114 Å². The molecule has 0 atom stereocenters. The van der Waals surface area contributed by atoms with Crippen LogP contribution in [0.25, 0.3) is 0 Å². The molecule has 0 radical (unpaired) electrons. The van der Waals surface area contributed by atoms with Crippen molar-refractivity contribution < 1.29 is 13.2 Å². The molecule has 0 saturated heterocycles. The molecule has 0 aliphatic rings. The first-order valence-corrected chi connectivity index (χ1v) is 6.57. The van der Waals surface area contributed by atoms with Crippen molar-refractivity contribution >= 4 is 28.9 Å². The third-order valence-corrected chi connectivity index (χ3v) is 3.99. The second kappa shape index (κ2) is 5.17. The Morgan fingerprint density at radius 2 is 2.11 bits per heavy atom. The number of nitrogen functional groups attached to an aromatic ring is 1. The molecule has 0 fully saturated rings. The van der Waals surface area contributed by atoms with E-state index in [4.69, 9.17) is 11.1 Å². The van der Waals surface area contributed by atoms with E-state index in [1.54, 1.807) is 0 Å². The summed E-state index contributed by atoms with van der Waals surface area (Å²) in [4.78, 5) is 0.442. The molecule has 0 aliphatic carbocycles. The summed E-state index contributed by atoms with van der Waals surface area (Å²) in [5.41, 5.74) is 6.04. The number of hydrogen-bond acceptors (Lipinski definition) is 5. The van der Waals surface area contributed by atoms with Gasteiger partial charge in [-0.3, -0.25) is 5.41 Å². The number of hydrogen-bond donors (Lipinski definition) is 2. The van der Waals surface area contributed by atoms with Gasteiger partial charge in [0, 0.05) is 10.5 Å². The molecule has 0 saturated carbocycles. The van der Waals surface area contributed by atoms with Crippen LogP contribution < -0.4 is 5.73 Å². The van der Waals surface area contributed by atoms with E-state index < -0.39 is 17.6 Å². The Morgan fingerprint density at radius 3 is 2.63 bits per heavy atom. The topological polar surface area (TPSA) is 75.7 Å². The van der Waals surface area contributed by atoms with Crippen molar-refractivity contribution in [1.82, 2.24) is 10.2 Å². The largest absolute Gasteiger partial charge is 0.416 e. The number of rotatable bonds is 3. The Hall–Kier alpha value is -1.61. The molecule has 0 unspecified atom stereocenters. The first kappa shape index (κ1) is 13.8. The molecule has 2 aromatic rings. The van der Waals surface area contributed by atoms with Gasteiger partial charge in [-0.15, -0.1) is 10.2 Å². The van der Waals surface area contributed by atoms with E-state index in [0.29, 0.717) is 9.24 Å². The number of aromatic nitrogens is 2. The van der Waals surface area contributed by atoms with Crippen LogP contribution in [0.4, 0.5) is 13.2 Å². The predicted molar refractivity (Wildman–Crippen MR) is 66.5 cm³/mol. The fraction of sp³-hybridized carbons (Fsp3) is 0.100. The summed E-state index contributed by atoms with van der Waals surface area (Å²) in [6.45, 7) is 0. The van der Waals surface area contributed by atoms with Gasteiger partial charge >= 0.3 is 6.18 Å². The third kappa shape index (κ3) is 3.24. The lowest BCUT2D eigenvalue weighted by atomic mass is 10.1. The standard InChI is InChI=1S/C10H7F3N4S2/c11-10(12,13)5-1-2-7(6(3-5)8(14)15)19-9-17-16-4-18-9/h1-4H,(H3,14,15). The van der Waals surface area contributed by atoms with E-state index >= 15 is 0 Å². The minimum Gasteiger partial charge on any atom is -0.384 e. The van der Waals surface area contributed by atoms with Crippen molar-refractivity contribution in [3.63, 3.8) is 0 Å². The molecule has 1 heterocycles. The second-order valence-electron chi connectivity index (χ2n) is 3.43. The highest BCUT2D eigenvalue weighted by Crippen LogP contribution is 2.35. The van der Waals surface area contributed by atoms with E-state index in [1.165, 1.54) is 22.9 Å². The van der Waals surface area contributed by atoms with Gasteiger partial charge < -0.3 is 5.73 Å². The zero-order valence-electron chi connectivity index (χ0n) is 9.23. The van der Waals surface area contributed by atoms with Crippen LogP contribution >= 0.6 is 23.1 Å². The van der Waals surface area contributed by atoms with E-state index in [0.717, 1.165) is 23.9 Å². The highest BCUT2D eigenvalue weighted by molar-refractivity contribution is 8.01. The Kier molecular flexibility index (Phi) is 3.76. The summed E-state index contributed by atoms with van der Waals surface area (Å²) in [6.07, 6.45) is -4.46. The van der Waals surface area contributed by atoms with E-state index in [9.17, 15) is 13.2 Å². The number of benzene rings is 1. The van der Waals surface area contributed by atoms with Crippen molar-refractivity contribution in [2.45, 2.75) is 15.4 Å². The van der Waals surface area contributed by atoms with Crippen LogP contribution in [-0.4, -0.2) is 16.0 Å². The fourth-order valence-corrected chi connectivity index (χ4v) is 2.87. The maximum absolute atomic E-state index is 12.6. The van der Waals surface area contributed by atoms with Crippen LogP contribution in [-0.2, 0) is 6.18 Å². The highest BCUT2D eigenvalue weighted by Gasteiger charge is 2.31. The Morgan fingerprint density at radius 1 is 1.37 bits per heavy atom. The first-order valence-electron chi connectivity index (χ1n) is 4.87. The Bertz CT molecular complexity index is 595. The molecule has 1 aromatic carbocycles. The number of nitrogens with one attached hydrogen (secondary N) is 1. The molecule has 9 heteroatoms. The summed E-state index contributed by atoms with van der Waals surface area (Å²) < 4.78 is 38.4. The average molecular weight is 304 g/mol. The Balaban J connectivity index is 2.41. The fourth-order valence-electron chi connectivity index (χ4n) is 1.31. The molecule has 100 valence electrons. The molecule has 4 nitrogen and oxygen atoms in total. The monoisotopic (exact) mass is 304 g/mol. The van der Waals surface area contributed by atoms with Crippen molar-refractivity contribution in [3.05, 3.63) is 34.8 Å². The zero-order chi connectivity index (χ0) is 14.0. The lowest BCUT2D eigenvalue weighted by Crippen LogP contribution is -2.14. The van der Waals surface area contributed by atoms with Crippen molar-refractivity contribution in [2.24, 2.45) is 5.73 Å². The molecule has 3 N–H and O–H groups in total. The minimum atomic E-state index is -4.46. The quantitative estimate of drug-likeness (QED) is 0.675. The van der Waals surface area contributed by atoms with Gasteiger partial charge in [-0.2, -0.15) is 13.2 Å². The molecule has 0 spiro atoms. The van der Waals surface area contributed by atoms with Crippen LogP contribution in [0.5, 0.6) is 0 Å². The summed E-state index contributed by atoms with van der Waals surface area (Å²) in [7, 11) is 0. The maximum atomic E-state index is 12.6. The lowest BCUT2D eigenvalue weighted by Gasteiger charge is -2.11. The number of nitrogens with two attached hydrogens (primary N) is 1. The van der Waals surface area contributed by atoms with Gasteiger partial charge in [-0.05, 0) is 18.2 Å². The van der Waals surface area contributed by atoms with E-state index in [2.05, 4.69) is 10.2 Å². The van der Waals surface area contributed by atoms with Gasteiger partial charge in [0.05, 0.1) is 5.56 Å². The van der Waals surface area contributed by atoms with Crippen LogP contribution in [0, 0.1) is 5.41 Å². The summed E-state index contributed by atoms with van der Waals surface area (Å²) in [5.74, 6) is -0.418. The molecule has 0 amide bonds. The van der Waals surface area contributed by atoms with Gasteiger partial charge in [0.2, 0.25) is 0 Å². The van der Waals surface area contributed by atoms with Crippen LogP contribution in [0.3, 0.4) is 0 Å². The number of halogens is 3. The van der Waals surface area contributed by atoms with E-state index in [-0.39, 0.29) is 5.56 Å². The van der Waals surface area contributed by atoms with Crippen molar-refractivity contribution in [2.75, 3.05) is 0 Å². The van der Waals surface area contributed by atoms with Gasteiger partial charge in [-0.1, -0.05) is 23.1 Å². The van der Waals surface area contributed by atoms with Gasteiger partial charge in [-0.25, -0.2) is 0 Å². The van der Waals surface area contributed by atoms with Crippen molar-refractivity contribution in [1.29, 1.82) is 5.41 Å². The summed E-state index contributed by atoms with van der Waals surface area (Å²) in [6, 6.07) is 3.10. The van der Waals surface area contributed by atoms with Crippen LogP contribution in [0.1, 0.15) is 11.1 Å². The van der Waals surface area contributed by atoms with E-state index in [1.807, 2.05) is 0 Å². The summed E-state index contributed by atoms with van der Waals surface area (Å²) >= 11 is 2.38. The average Bonchev–Trinajstić information content (AvgIpc) is 2.80. The molecular formula is C10H7F3N4S2. The highest BCUT2D eigenvalue weighted by atomic mass is 32.2. The molecule has 19 heavy (non-hydrogen) atoms. The SMILES string of the molecule is N=C(N)c1cc(C(F)(F)F)ccc1Sc1nncs1. The van der Waals surface area contributed by atoms with Gasteiger partial charge in [0.1, 0.15) is 11.3 Å². The first-order chi connectivity index (χ1) is 8.88. The van der Waals surface area contributed by atoms with Crippen molar-refractivity contribution in [3.8, 4) is 0 Å². The number of amidine groups is 1. The zero-order valence-corrected chi connectivity index (χ0v) is 10.9. The third-order valence-electron chi connectivity index (χ3n) is 2.13. The number of nitrogens with zero attached hydrogens (tertiary/aromatic N) is 2. The van der Waals surface area contributed by atoms with Crippen LogP contribution in [0.2, 0.25) is 0 Å². The minimum absolute atomic E-state index is 0.0371. The smallest absolute Gasteiger partial charge is 0.384 e. The molecular weight excluding hydrogens is 297 g/mol. The lowest BCUT2D eigenvalue weighted by molar-refractivity contribution is -0.137. The molecule has 1 aromatic heterocycles. The van der Waals surface area contributed by atoms with Gasteiger partial charge in [0.15, 0.2) is 4.34 Å². The molecule has 0 aliphatic heterocycles. The summed E-state index contributed by atoms with van der Waals surface area (Å²) in [5, 5.41) is 14.8. The predicted octanol–water partition coefficient (Wildman–Crippen LogP) is 2.99. The number of alkyl halides is 3. The molecule has 0 bridgehead atoms. The normalized spacial score (nSPS) is 11.5. The second-order valence-corrected chi connectivity index (χ2v) is 5.55. The molecule has 2 rings (SSSR count). The van der Waals surface area contributed by atoms with Gasteiger partial charge in [0.25, 0.3) is 0 Å².